The molecule has 0 bridgehead atoms. The molecule has 1 heterocycles. The van der Waals surface area contributed by atoms with Gasteiger partial charge < -0.3 is 45.1 Å². The van der Waals surface area contributed by atoms with E-state index < -0.39 is 67.4 Å². The Morgan fingerprint density at radius 2 is 0.835 bits per heavy atom. The number of esters is 1. The van der Waals surface area contributed by atoms with Crippen LogP contribution in [0.15, 0.2) is 24.3 Å². The van der Waals surface area contributed by atoms with E-state index in [9.17, 15) is 35.1 Å². The van der Waals surface area contributed by atoms with Gasteiger partial charge in [0.15, 0.2) is 12.4 Å². The van der Waals surface area contributed by atoms with Crippen LogP contribution in [0.25, 0.3) is 0 Å². The zero-order chi connectivity index (χ0) is 57.5. The summed E-state index contributed by atoms with van der Waals surface area (Å²) in [7, 11) is 0. The molecule has 0 saturated carbocycles. The number of aliphatic hydroxyl groups is 5. The van der Waals surface area contributed by atoms with Gasteiger partial charge in [0, 0.05) is 6.42 Å². The Kier molecular flexibility index (Phi) is 53.9. The molecule has 1 aliphatic rings. The van der Waals surface area contributed by atoms with Gasteiger partial charge in [-0.2, -0.15) is 0 Å². The summed E-state index contributed by atoms with van der Waals surface area (Å²) in [4.78, 5) is 26.5. The second kappa shape index (κ2) is 56.6. The number of hydrogen-bond donors (Lipinski definition) is 6. The fraction of sp³-hybridized carbons (Fsp3) is 0.912. The van der Waals surface area contributed by atoms with Gasteiger partial charge in [0.2, 0.25) is 5.91 Å². The van der Waals surface area contributed by atoms with Crippen LogP contribution in [0, 0.1) is 0 Å². The molecule has 0 spiro atoms. The molecule has 8 unspecified atom stereocenters. The average molecular weight is 1120 g/mol. The van der Waals surface area contributed by atoms with E-state index in [1.165, 1.54) is 225 Å². The van der Waals surface area contributed by atoms with Crippen LogP contribution < -0.4 is 5.32 Å². The fourth-order valence-corrected chi connectivity index (χ4v) is 10.9. The summed E-state index contributed by atoms with van der Waals surface area (Å²) in [6.45, 7) is 5.80. The Balaban J connectivity index is 2.53. The second-order valence-electron chi connectivity index (χ2n) is 23.9. The van der Waals surface area contributed by atoms with Crippen LogP contribution in [-0.4, -0.2) is 99.6 Å². The molecule has 79 heavy (non-hydrogen) atoms. The highest BCUT2D eigenvalue weighted by molar-refractivity contribution is 5.80. The van der Waals surface area contributed by atoms with E-state index in [0.717, 1.165) is 64.2 Å². The van der Waals surface area contributed by atoms with Crippen LogP contribution in [0.4, 0.5) is 0 Å². The lowest BCUT2D eigenvalue weighted by Crippen LogP contribution is -2.61. The maximum atomic E-state index is 13.4. The van der Waals surface area contributed by atoms with E-state index in [1.54, 1.807) is 6.08 Å². The van der Waals surface area contributed by atoms with Crippen molar-refractivity contribution >= 4 is 11.9 Å². The van der Waals surface area contributed by atoms with Crippen molar-refractivity contribution in [3.05, 3.63) is 24.3 Å². The lowest BCUT2D eigenvalue weighted by Gasteiger charge is -2.41. The number of aliphatic hydroxyl groups excluding tert-OH is 5. The summed E-state index contributed by atoms with van der Waals surface area (Å²) in [5.41, 5.74) is 0. The molecule has 6 N–H and O–H groups in total. The van der Waals surface area contributed by atoms with Gasteiger partial charge in [-0.1, -0.05) is 302 Å². The molecule has 466 valence electrons. The molecule has 11 heteroatoms. The normalized spacial score (nSPS) is 18.9. The van der Waals surface area contributed by atoms with E-state index >= 15 is 0 Å². The van der Waals surface area contributed by atoms with Crippen molar-refractivity contribution in [1.82, 2.24) is 5.32 Å². The van der Waals surface area contributed by atoms with Crippen LogP contribution >= 0.6 is 0 Å². The summed E-state index contributed by atoms with van der Waals surface area (Å²) < 4.78 is 17.6. The molecule has 1 aliphatic heterocycles. The summed E-state index contributed by atoms with van der Waals surface area (Å²) in [6, 6.07) is -1.02. The van der Waals surface area contributed by atoms with E-state index in [1.807, 2.05) is 6.08 Å². The van der Waals surface area contributed by atoms with Crippen LogP contribution in [-0.2, 0) is 23.8 Å². The predicted octanol–water partition coefficient (Wildman–Crippen LogP) is 16.8. The van der Waals surface area contributed by atoms with Gasteiger partial charge in [0.1, 0.15) is 24.4 Å². The van der Waals surface area contributed by atoms with Crippen molar-refractivity contribution in [3.8, 4) is 0 Å². The summed E-state index contributed by atoms with van der Waals surface area (Å²) in [5, 5.41) is 57.0. The summed E-state index contributed by atoms with van der Waals surface area (Å²) >= 11 is 0. The lowest BCUT2D eigenvalue weighted by molar-refractivity contribution is -0.305. The molecule has 0 radical (unpaired) electrons. The minimum atomic E-state index is -1.61. The number of hydrogen-bond acceptors (Lipinski definition) is 10. The predicted molar refractivity (Wildman–Crippen MR) is 329 cm³/mol. The number of unbranched alkanes of at least 4 members (excludes halogenated alkanes) is 43. The molecule has 0 aromatic heterocycles. The smallest absolute Gasteiger partial charge is 0.306 e. The van der Waals surface area contributed by atoms with Gasteiger partial charge in [-0.15, -0.1) is 0 Å². The average Bonchev–Trinajstić information content (AvgIpc) is 3.47. The van der Waals surface area contributed by atoms with E-state index in [4.69, 9.17) is 14.2 Å². The van der Waals surface area contributed by atoms with Crippen LogP contribution in [0.1, 0.15) is 335 Å². The lowest BCUT2D eigenvalue weighted by atomic mass is 9.99. The first kappa shape index (κ1) is 75.2. The largest absolute Gasteiger partial charge is 0.454 e. The number of amides is 1. The minimum Gasteiger partial charge on any atom is -0.454 e. The minimum absolute atomic E-state index is 0.107. The third-order valence-corrected chi connectivity index (χ3v) is 16.4. The van der Waals surface area contributed by atoms with Crippen LogP contribution in [0.2, 0.25) is 0 Å². The maximum Gasteiger partial charge on any atom is 0.306 e. The standard InChI is InChI=1S/C68H129NO10/c1-4-7-10-13-16-19-22-24-25-26-27-28-29-30-31-32-33-34-35-36-38-40-43-46-49-52-55-61(72)67(76)69-59(60(71)54-51-48-45-42-39-21-18-15-12-9-6-3)58-77-68-66(65(75)64(74)62(57-70)78-68)79-63(73)56-53-50-47-44-41-37-23-20-17-14-11-8-5-2/h37,41,51,54,59-62,64-66,68,70-72,74-75H,4-36,38-40,42-50,52-53,55-58H2,1-3H3,(H,69,76)/b41-37-,54-51+. The number of nitrogens with one attached hydrogen (secondary N) is 1. The van der Waals surface area contributed by atoms with Gasteiger partial charge in [0.25, 0.3) is 0 Å². The van der Waals surface area contributed by atoms with Gasteiger partial charge in [0.05, 0.1) is 25.4 Å². The van der Waals surface area contributed by atoms with Crippen LogP contribution in [0.5, 0.6) is 0 Å². The quantitative estimate of drug-likeness (QED) is 0.0195. The molecule has 11 nitrogen and oxygen atoms in total. The molecular formula is C68H129NO10. The third-order valence-electron chi connectivity index (χ3n) is 16.4. The monoisotopic (exact) mass is 1120 g/mol. The first-order chi connectivity index (χ1) is 38.7. The molecule has 0 aromatic carbocycles. The second-order valence-corrected chi connectivity index (χ2v) is 23.9. The SMILES string of the molecule is CCCCCCCC/C=C\CCCCCC(=O)OC1C(OCC(NC(=O)C(O)CCCCCCCCCCCCCCCCCCCCCCCCCCCC)C(O)/C=C/CCCCCCCCCCC)OC(CO)C(O)C1O. The molecule has 8 atom stereocenters. The Morgan fingerprint density at radius 3 is 1.23 bits per heavy atom. The van der Waals surface area contributed by atoms with Crippen molar-refractivity contribution in [2.24, 2.45) is 0 Å². The Bertz CT molecular complexity index is 1380. The maximum absolute atomic E-state index is 13.4. The molecule has 1 fully saturated rings. The number of rotatable bonds is 59. The van der Waals surface area contributed by atoms with Gasteiger partial charge in [-0.25, -0.2) is 0 Å². The number of allylic oxidation sites excluding steroid dienone is 3. The first-order valence-corrected chi connectivity index (χ1v) is 34.1. The highest BCUT2D eigenvalue weighted by atomic mass is 16.7. The molecule has 0 aliphatic carbocycles. The van der Waals surface area contributed by atoms with E-state index in [-0.39, 0.29) is 13.0 Å². The van der Waals surface area contributed by atoms with Crippen molar-refractivity contribution in [1.29, 1.82) is 0 Å². The Morgan fingerprint density at radius 1 is 0.481 bits per heavy atom. The molecule has 1 saturated heterocycles. The number of ether oxygens (including phenoxy) is 3. The van der Waals surface area contributed by atoms with E-state index in [2.05, 4.69) is 38.2 Å². The third kappa shape index (κ3) is 44.4. The zero-order valence-corrected chi connectivity index (χ0v) is 51.8. The first-order valence-electron chi connectivity index (χ1n) is 34.1. The van der Waals surface area contributed by atoms with Crippen molar-refractivity contribution < 1.29 is 49.3 Å². The van der Waals surface area contributed by atoms with Crippen molar-refractivity contribution in [2.75, 3.05) is 13.2 Å². The van der Waals surface area contributed by atoms with E-state index in [0.29, 0.717) is 19.3 Å². The van der Waals surface area contributed by atoms with Gasteiger partial charge >= 0.3 is 5.97 Å². The molecule has 0 aromatic rings. The van der Waals surface area contributed by atoms with Crippen molar-refractivity contribution in [2.45, 2.75) is 384 Å². The van der Waals surface area contributed by atoms with Gasteiger partial charge in [-0.3, -0.25) is 9.59 Å². The summed E-state index contributed by atoms with van der Waals surface area (Å²) in [6.07, 6.45) is 56.8. The van der Waals surface area contributed by atoms with Gasteiger partial charge in [-0.05, 0) is 51.4 Å². The van der Waals surface area contributed by atoms with Crippen LogP contribution in [0.3, 0.4) is 0 Å². The topological polar surface area (TPSA) is 175 Å². The molecule has 1 amide bonds. The highest BCUT2D eigenvalue weighted by Crippen LogP contribution is 2.26. The highest BCUT2D eigenvalue weighted by Gasteiger charge is 2.47. The molecule has 1 rings (SSSR count). The Hall–Kier alpha value is -1.86. The number of carbonyl (C=O) groups excluding carboxylic acids is 2. The molecular weight excluding hydrogens is 991 g/mol. The Labute approximate surface area is 486 Å². The van der Waals surface area contributed by atoms with Crippen molar-refractivity contribution in [3.63, 3.8) is 0 Å². The fourth-order valence-electron chi connectivity index (χ4n) is 10.9. The number of carbonyl (C=O) groups is 2. The summed E-state index contributed by atoms with van der Waals surface area (Å²) in [5.74, 6) is -1.20. The zero-order valence-electron chi connectivity index (χ0n) is 51.8.